The molecule has 0 fully saturated rings. The van der Waals surface area contributed by atoms with Gasteiger partial charge in [0.25, 0.3) is 5.69 Å². The first-order valence-electron chi connectivity index (χ1n) is 14.8. The molecule has 0 radical (unpaired) electrons. The van der Waals surface area contributed by atoms with Crippen molar-refractivity contribution < 1.29 is 19.2 Å². The highest BCUT2D eigenvalue weighted by Gasteiger charge is 2.28. The minimum atomic E-state index is -0.547. The summed E-state index contributed by atoms with van der Waals surface area (Å²) in [4.78, 5) is 29.9. The Morgan fingerprint density at radius 1 is 0.810 bits per heavy atom. The second-order valence-electron chi connectivity index (χ2n) is 9.34. The van der Waals surface area contributed by atoms with Crippen LogP contribution in [0.5, 0.6) is 11.5 Å². The molecule has 1 aromatic rings. The largest absolute Gasteiger partial charge is 0.493 e. The molecule has 242 valence electrons. The normalized spacial score (nSPS) is 12.1. The van der Waals surface area contributed by atoms with Crippen molar-refractivity contribution in [3.05, 3.63) is 27.8 Å². The lowest BCUT2D eigenvalue weighted by molar-refractivity contribution is -0.385. The van der Waals surface area contributed by atoms with Crippen LogP contribution in [0.2, 0.25) is 0 Å². The topological polar surface area (TPSA) is 97.2 Å². The van der Waals surface area contributed by atoms with E-state index in [2.05, 4.69) is 42.8 Å². The quantitative estimate of drug-likeness (QED) is 0.0742. The van der Waals surface area contributed by atoms with Gasteiger partial charge in [-0.3, -0.25) is 19.8 Å². The molecule has 1 aromatic carbocycles. The third kappa shape index (κ3) is 15.7. The van der Waals surface area contributed by atoms with E-state index in [9.17, 15) is 14.9 Å². The van der Waals surface area contributed by atoms with Crippen molar-refractivity contribution in [3.63, 3.8) is 0 Å². The van der Waals surface area contributed by atoms with E-state index >= 15 is 0 Å². The lowest BCUT2D eigenvalue weighted by atomic mass is 10.00. The van der Waals surface area contributed by atoms with Crippen LogP contribution in [0, 0.1) is 10.1 Å². The molecule has 0 spiro atoms. The molecule has 9 nitrogen and oxygen atoms in total. The summed E-state index contributed by atoms with van der Waals surface area (Å²) in [6, 6.07) is 2.51. The summed E-state index contributed by atoms with van der Waals surface area (Å²) in [5, 5.41) is 15.4. The predicted octanol–water partition coefficient (Wildman–Crippen LogP) is 5.78. The van der Waals surface area contributed by atoms with Crippen molar-refractivity contribution in [1.82, 2.24) is 15.1 Å². The van der Waals surface area contributed by atoms with Crippen molar-refractivity contribution >= 4 is 58.6 Å². The molecule has 1 unspecified atom stereocenters. The van der Waals surface area contributed by atoms with Crippen LogP contribution < -0.4 is 14.8 Å². The van der Waals surface area contributed by atoms with Gasteiger partial charge >= 0.3 is 0 Å². The Kier molecular flexibility index (Phi) is 22.6. The third-order valence-corrected chi connectivity index (χ3v) is 10.1. The third-order valence-electron chi connectivity index (χ3n) is 6.57. The number of nitro benzene ring substituents is 1. The maximum absolute atomic E-state index is 13.5. The standard InChI is InChI=1S/C29H52N4O5S4/c1-7-39-17-13-31(14-18-40-8-2)12-11-25(24-21-27(37-5)28(38-6)22-26(24)33(35)36)30-29(34)23-32(15-19-41-9-3)16-20-42-10-4/h21-22,25H,7-20,23H2,1-6H3,(H,30,34). The number of carbonyl (C=O) groups excluding carboxylic acids is 1. The van der Waals surface area contributed by atoms with Gasteiger partial charge in [-0.25, -0.2) is 0 Å². The van der Waals surface area contributed by atoms with Crippen molar-refractivity contribution in [2.45, 2.75) is 40.2 Å². The van der Waals surface area contributed by atoms with E-state index in [-0.39, 0.29) is 18.1 Å². The zero-order chi connectivity index (χ0) is 31.2. The summed E-state index contributed by atoms with van der Waals surface area (Å²) in [7, 11) is 2.98. The van der Waals surface area contributed by atoms with Gasteiger partial charge in [0.2, 0.25) is 5.91 Å². The minimum Gasteiger partial charge on any atom is -0.493 e. The molecule has 1 rings (SSSR count). The van der Waals surface area contributed by atoms with Gasteiger partial charge in [-0.1, -0.05) is 27.7 Å². The minimum absolute atomic E-state index is 0.0804. The smallest absolute Gasteiger partial charge is 0.278 e. The van der Waals surface area contributed by atoms with Gasteiger partial charge in [0.05, 0.1) is 43.4 Å². The molecule has 0 aliphatic carbocycles. The van der Waals surface area contributed by atoms with Crippen LogP contribution in [0.25, 0.3) is 0 Å². The number of nitrogens with zero attached hydrogens (tertiary/aromatic N) is 3. The van der Waals surface area contributed by atoms with E-state index in [0.717, 1.165) is 78.7 Å². The number of hydrogen-bond donors (Lipinski definition) is 1. The number of hydrogen-bond acceptors (Lipinski definition) is 11. The van der Waals surface area contributed by atoms with E-state index in [1.165, 1.54) is 20.3 Å². The lowest BCUT2D eigenvalue weighted by Crippen LogP contribution is -2.42. The van der Waals surface area contributed by atoms with Crippen LogP contribution >= 0.6 is 47.0 Å². The summed E-state index contributed by atoms with van der Waals surface area (Å²) in [6.07, 6.45) is 0.549. The van der Waals surface area contributed by atoms with E-state index < -0.39 is 11.0 Å². The molecule has 0 heterocycles. The highest BCUT2D eigenvalue weighted by atomic mass is 32.2. The molecule has 1 amide bonds. The number of amides is 1. The van der Waals surface area contributed by atoms with E-state index in [1.807, 2.05) is 47.0 Å². The average Bonchev–Trinajstić information content (AvgIpc) is 2.98. The fourth-order valence-electron chi connectivity index (χ4n) is 4.34. The molecule has 42 heavy (non-hydrogen) atoms. The first-order chi connectivity index (χ1) is 20.3. The summed E-state index contributed by atoms with van der Waals surface area (Å²) in [6.45, 7) is 13.1. The van der Waals surface area contributed by atoms with E-state index in [0.29, 0.717) is 23.5 Å². The molecule has 0 saturated heterocycles. The van der Waals surface area contributed by atoms with Crippen LogP contribution in [0.3, 0.4) is 0 Å². The van der Waals surface area contributed by atoms with Crippen molar-refractivity contribution in [3.8, 4) is 11.5 Å². The van der Waals surface area contributed by atoms with Crippen LogP contribution in [0.4, 0.5) is 5.69 Å². The number of benzene rings is 1. The summed E-state index contributed by atoms with van der Waals surface area (Å²) in [5.41, 5.74) is 0.356. The van der Waals surface area contributed by atoms with Gasteiger partial charge in [-0.2, -0.15) is 47.0 Å². The van der Waals surface area contributed by atoms with Crippen molar-refractivity contribution in [1.29, 1.82) is 0 Å². The van der Waals surface area contributed by atoms with Crippen LogP contribution in [0.1, 0.15) is 45.7 Å². The molecule has 1 atom stereocenters. The Morgan fingerprint density at radius 2 is 1.26 bits per heavy atom. The second kappa shape index (κ2) is 24.3. The highest BCUT2D eigenvalue weighted by molar-refractivity contribution is 7.99. The molecular formula is C29H52N4O5S4. The Labute approximate surface area is 270 Å². The average molecular weight is 665 g/mol. The number of thioether (sulfide) groups is 4. The number of nitro groups is 1. The Balaban J connectivity index is 3.28. The monoisotopic (exact) mass is 664 g/mol. The zero-order valence-corrected chi connectivity index (χ0v) is 29.6. The van der Waals surface area contributed by atoms with Gasteiger partial charge in [0.15, 0.2) is 11.5 Å². The highest BCUT2D eigenvalue weighted by Crippen LogP contribution is 2.38. The Bertz CT molecular complexity index is 880. The summed E-state index contributed by atoms with van der Waals surface area (Å²) >= 11 is 7.54. The van der Waals surface area contributed by atoms with Gasteiger partial charge < -0.3 is 19.7 Å². The van der Waals surface area contributed by atoms with Crippen LogP contribution in [-0.2, 0) is 4.79 Å². The number of rotatable bonds is 26. The molecular weight excluding hydrogens is 613 g/mol. The fraction of sp³-hybridized carbons (Fsp3) is 0.759. The SMILES string of the molecule is CCSCCN(CCSCC)CCC(NC(=O)CN(CCSCC)CCSCC)c1cc(OC)c(OC)cc1[N+](=O)[O-]. The van der Waals surface area contributed by atoms with Gasteiger partial charge in [-0.05, 0) is 35.5 Å². The second-order valence-corrected chi connectivity index (χ2v) is 14.9. The summed E-state index contributed by atoms with van der Waals surface area (Å²) < 4.78 is 10.9. The molecule has 0 bridgehead atoms. The molecule has 0 aromatic heterocycles. The van der Waals surface area contributed by atoms with Gasteiger partial charge in [0, 0.05) is 55.7 Å². The molecule has 0 saturated carbocycles. The maximum atomic E-state index is 13.5. The van der Waals surface area contributed by atoms with Gasteiger partial charge in [0.1, 0.15) is 0 Å². The molecule has 0 aliphatic heterocycles. The molecule has 13 heteroatoms. The first-order valence-corrected chi connectivity index (χ1v) is 19.4. The van der Waals surface area contributed by atoms with Crippen LogP contribution in [0.15, 0.2) is 12.1 Å². The zero-order valence-electron chi connectivity index (χ0n) is 26.4. The van der Waals surface area contributed by atoms with E-state index in [1.54, 1.807) is 6.07 Å². The van der Waals surface area contributed by atoms with Crippen LogP contribution in [-0.4, -0.2) is 120 Å². The number of nitrogens with one attached hydrogen (secondary N) is 1. The maximum Gasteiger partial charge on any atom is 0.278 e. The fourth-order valence-corrected chi connectivity index (χ4v) is 7.04. The Morgan fingerprint density at radius 3 is 1.69 bits per heavy atom. The summed E-state index contributed by atoms with van der Waals surface area (Å²) in [5.74, 6) is 8.78. The molecule has 1 N–H and O–H groups in total. The first kappa shape index (κ1) is 39.0. The number of carbonyl (C=O) groups is 1. The van der Waals surface area contributed by atoms with E-state index in [4.69, 9.17) is 9.47 Å². The Hall–Kier alpha value is -0.990. The van der Waals surface area contributed by atoms with Crippen molar-refractivity contribution in [2.24, 2.45) is 0 Å². The predicted molar refractivity (Wildman–Crippen MR) is 187 cm³/mol. The number of ether oxygens (including phenoxy) is 2. The molecule has 0 aliphatic rings. The van der Waals surface area contributed by atoms with Gasteiger partial charge in [-0.15, -0.1) is 0 Å². The van der Waals surface area contributed by atoms with Crippen molar-refractivity contribution in [2.75, 3.05) is 99.5 Å². The number of methoxy groups -OCH3 is 2. The lowest BCUT2D eigenvalue weighted by Gasteiger charge is -2.27.